The predicted molar refractivity (Wildman–Crippen MR) is 105 cm³/mol. The average Bonchev–Trinajstić information content (AvgIpc) is 2.85. The van der Waals surface area contributed by atoms with Crippen LogP contribution in [-0.2, 0) is 12.3 Å². The van der Waals surface area contributed by atoms with Crippen LogP contribution in [0.1, 0.15) is 23.7 Å². The van der Waals surface area contributed by atoms with Crippen LogP contribution in [0.3, 0.4) is 0 Å². The van der Waals surface area contributed by atoms with Gasteiger partial charge in [-0.1, -0.05) is 23.9 Å². The van der Waals surface area contributed by atoms with Crippen molar-refractivity contribution in [1.29, 1.82) is 0 Å². The minimum atomic E-state index is 0. The Bertz CT molecular complexity index is 827. The highest BCUT2D eigenvalue weighted by Crippen LogP contribution is 2.33. The number of nitrogens with zero attached hydrogens (tertiary/aromatic N) is 2. The van der Waals surface area contributed by atoms with E-state index in [0.717, 1.165) is 23.1 Å². The molecule has 0 saturated carbocycles. The molecule has 0 atom stereocenters. The third-order valence-corrected chi connectivity index (χ3v) is 5.41. The number of pyridine rings is 1. The van der Waals surface area contributed by atoms with Gasteiger partial charge in [-0.2, -0.15) is 0 Å². The van der Waals surface area contributed by atoms with E-state index in [1.165, 1.54) is 27.7 Å². The summed E-state index contributed by atoms with van der Waals surface area (Å²) in [5, 5.41) is 2.42. The van der Waals surface area contributed by atoms with Crippen molar-refractivity contribution in [3.05, 3.63) is 53.3 Å². The Morgan fingerprint density at radius 2 is 1.83 bits per heavy atom. The van der Waals surface area contributed by atoms with Crippen LogP contribution >= 0.6 is 24.2 Å². The molecular formula is C19H23ClN2OS. The van der Waals surface area contributed by atoms with E-state index in [2.05, 4.69) is 48.5 Å². The van der Waals surface area contributed by atoms with Crippen molar-refractivity contribution >= 4 is 35.1 Å². The molecule has 3 rings (SSSR count). The molecule has 3 nitrogen and oxygen atoms in total. The monoisotopic (exact) mass is 362 g/mol. The quantitative estimate of drug-likeness (QED) is 0.569. The Labute approximate surface area is 153 Å². The number of ether oxygens (including phenoxy) is 1. The van der Waals surface area contributed by atoms with E-state index in [1.807, 2.05) is 18.3 Å². The molecule has 1 aromatic carbocycles. The SMILES string of the molecule is CCn1c(C)c(C)c2ccnc(SCc3ccc(OC)cc3)c21.Cl. The van der Waals surface area contributed by atoms with Crippen LogP contribution < -0.4 is 4.74 Å². The fraction of sp³-hybridized carbons (Fsp3) is 0.316. The maximum atomic E-state index is 5.21. The number of halogens is 1. The molecule has 5 heteroatoms. The zero-order chi connectivity index (χ0) is 16.4. The zero-order valence-electron chi connectivity index (χ0n) is 14.5. The first kappa shape index (κ1) is 18.7. The van der Waals surface area contributed by atoms with Crippen molar-refractivity contribution in [2.45, 2.75) is 38.1 Å². The second-order valence-electron chi connectivity index (χ2n) is 5.60. The van der Waals surface area contributed by atoms with E-state index in [-0.39, 0.29) is 12.4 Å². The number of thioether (sulfide) groups is 1. The van der Waals surface area contributed by atoms with Crippen molar-refractivity contribution in [3.63, 3.8) is 0 Å². The van der Waals surface area contributed by atoms with Gasteiger partial charge < -0.3 is 9.30 Å². The predicted octanol–water partition coefficient (Wildman–Crippen LogP) is 5.40. The van der Waals surface area contributed by atoms with E-state index >= 15 is 0 Å². The molecule has 24 heavy (non-hydrogen) atoms. The zero-order valence-corrected chi connectivity index (χ0v) is 16.1. The standard InChI is InChI=1S/C19H22N2OS.ClH/c1-5-21-14(3)13(2)17-10-11-20-19(18(17)21)23-12-15-6-8-16(22-4)9-7-15;/h6-11H,5,12H2,1-4H3;1H. The summed E-state index contributed by atoms with van der Waals surface area (Å²) in [4.78, 5) is 4.64. The van der Waals surface area contributed by atoms with Crippen LogP contribution in [-0.4, -0.2) is 16.7 Å². The van der Waals surface area contributed by atoms with Gasteiger partial charge in [0, 0.05) is 29.6 Å². The second kappa shape index (κ2) is 7.95. The molecule has 128 valence electrons. The van der Waals surface area contributed by atoms with Gasteiger partial charge in [0.05, 0.1) is 12.6 Å². The number of fused-ring (bicyclic) bond motifs is 1. The summed E-state index contributed by atoms with van der Waals surface area (Å²) < 4.78 is 7.58. The third-order valence-electron chi connectivity index (χ3n) is 4.36. The van der Waals surface area contributed by atoms with Crippen LogP contribution in [0.25, 0.3) is 10.9 Å². The van der Waals surface area contributed by atoms with E-state index in [0.29, 0.717) is 0 Å². The molecule has 0 fully saturated rings. The van der Waals surface area contributed by atoms with Gasteiger partial charge in [-0.05, 0) is 50.1 Å². The lowest BCUT2D eigenvalue weighted by molar-refractivity contribution is 0.414. The van der Waals surface area contributed by atoms with Crippen molar-refractivity contribution in [2.24, 2.45) is 0 Å². The highest BCUT2D eigenvalue weighted by atomic mass is 35.5. The van der Waals surface area contributed by atoms with Crippen LogP contribution in [0, 0.1) is 13.8 Å². The topological polar surface area (TPSA) is 27.1 Å². The van der Waals surface area contributed by atoms with Crippen molar-refractivity contribution in [3.8, 4) is 5.75 Å². The average molecular weight is 363 g/mol. The van der Waals surface area contributed by atoms with Crippen molar-refractivity contribution < 1.29 is 4.74 Å². The van der Waals surface area contributed by atoms with Gasteiger partial charge in [0.25, 0.3) is 0 Å². The summed E-state index contributed by atoms with van der Waals surface area (Å²) in [6, 6.07) is 10.4. The normalized spacial score (nSPS) is 10.7. The maximum Gasteiger partial charge on any atom is 0.121 e. The molecule has 0 radical (unpaired) electrons. The van der Waals surface area contributed by atoms with Crippen molar-refractivity contribution in [2.75, 3.05) is 7.11 Å². The first-order chi connectivity index (χ1) is 11.2. The van der Waals surface area contributed by atoms with Crippen LogP contribution in [0.5, 0.6) is 5.75 Å². The largest absolute Gasteiger partial charge is 0.497 e. The Hall–Kier alpha value is -1.65. The molecular weight excluding hydrogens is 340 g/mol. The molecule has 2 aromatic heterocycles. The summed E-state index contributed by atoms with van der Waals surface area (Å²) in [6.07, 6.45) is 1.92. The molecule has 0 N–H and O–H groups in total. The number of methoxy groups -OCH3 is 1. The Morgan fingerprint density at radius 3 is 2.46 bits per heavy atom. The van der Waals surface area contributed by atoms with Gasteiger partial charge in [0.15, 0.2) is 0 Å². The Kier molecular flexibility index (Phi) is 6.19. The first-order valence-corrected chi connectivity index (χ1v) is 8.84. The highest BCUT2D eigenvalue weighted by Gasteiger charge is 2.14. The number of rotatable bonds is 5. The summed E-state index contributed by atoms with van der Waals surface area (Å²) in [5.74, 6) is 1.80. The molecule has 0 aliphatic heterocycles. The number of aromatic nitrogens is 2. The van der Waals surface area contributed by atoms with Gasteiger partial charge >= 0.3 is 0 Å². The van der Waals surface area contributed by atoms with Crippen LogP contribution in [0.4, 0.5) is 0 Å². The van der Waals surface area contributed by atoms with E-state index in [9.17, 15) is 0 Å². The van der Waals surface area contributed by atoms with Crippen LogP contribution in [0.15, 0.2) is 41.6 Å². The van der Waals surface area contributed by atoms with E-state index < -0.39 is 0 Å². The number of hydrogen-bond donors (Lipinski definition) is 0. The van der Waals surface area contributed by atoms with Gasteiger partial charge in [-0.3, -0.25) is 0 Å². The molecule has 0 unspecified atom stereocenters. The number of benzene rings is 1. The summed E-state index contributed by atoms with van der Waals surface area (Å²) in [5.41, 5.74) is 5.23. The third kappa shape index (κ3) is 3.40. The molecule has 0 aliphatic rings. The number of aryl methyl sites for hydroxylation is 2. The van der Waals surface area contributed by atoms with Crippen LogP contribution in [0.2, 0.25) is 0 Å². The lowest BCUT2D eigenvalue weighted by Crippen LogP contribution is -1.98. The molecule has 0 amide bonds. The molecule has 0 aliphatic carbocycles. The van der Waals surface area contributed by atoms with E-state index in [4.69, 9.17) is 4.74 Å². The molecule has 0 bridgehead atoms. The molecule has 0 saturated heterocycles. The van der Waals surface area contributed by atoms with Gasteiger partial charge in [0.2, 0.25) is 0 Å². The molecule has 3 aromatic rings. The first-order valence-electron chi connectivity index (χ1n) is 7.85. The van der Waals surface area contributed by atoms with E-state index in [1.54, 1.807) is 18.9 Å². The fourth-order valence-electron chi connectivity index (χ4n) is 2.94. The Morgan fingerprint density at radius 1 is 1.12 bits per heavy atom. The van der Waals surface area contributed by atoms with Gasteiger partial charge in [-0.15, -0.1) is 12.4 Å². The summed E-state index contributed by atoms with van der Waals surface area (Å²) in [6.45, 7) is 7.55. The highest BCUT2D eigenvalue weighted by molar-refractivity contribution is 7.98. The van der Waals surface area contributed by atoms with Gasteiger partial charge in [0.1, 0.15) is 10.8 Å². The Balaban J connectivity index is 0.00000208. The fourth-order valence-corrected chi connectivity index (χ4v) is 3.93. The summed E-state index contributed by atoms with van der Waals surface area (Å²) in [7, 11) is 1.69. The molecule has 0 spiro atoms. The lowest BCUT2D eigenvalue weighted by Gasteiger charge is -2.08. The summed E-state index contributed by atoms with van der Waals surface area (Å²) >= 11 is 1.80. The molecule has 2 heterocycles. The lowest BCUT2D eigenvalue weighted by atomic mass is 10.2. The minimum Gasteiger partial charge on any atom is -0.497 e. The second-order valence-corrected chi connectivity index (χ2v) is 6.57. The minimum absolute atomic E-state index is 0. The number of hydrogen-bond acceptors (Lipinski definition) is 3. The smallest absolute Gasteiger partial charge is 0.121 e. The van der Waals surface area contributed by atoms with Crippen molar-refractivity contribution in [1.82, 2.24) is 9.55 Å². The maximum absolute atomic E-state index is 5.21. The van der Waals surface area contributed by atoms with Gasteiger partial charge in [-0.25, -0.2) is 4.98 Å².